The third-order valence-corrected chi connectivity index (χ3v) is 4.80. The molecule has 0 unspecified atom stereocenters. The lowest BCUT2D eigenvalue weighted by atomic mass is 10.00. The predicted octanol–water partition coefficient (Wildman–Crippen LogP) is 3.88. The number of hydrogen-bond acceptors (Lipinski definition) is 5. The van der Waals surface area contributed by atoms with Crippen LogP contribution in [-0.4, -0.2) is 43.2 Å². The summed E-state index contributed by atoms with van der Waals surface area (Å²) in [6, 6.07) is 12.0. The number of hydrogen-bond donors (Lipinski definition) is 1. The first-order valence-corrected chi connectivity index (χ1v) is 9.42. The van der Waals surface area contributed by atoms with Crippen molar-refractivity contribution in [2.24, 2.45) is 0 Å². The Labute approximate surface area is 163 Å². The maximum Gasteiger partial charge on any atom is 0.322 e. The largest absolute Gasteiger partial charge is 0.494 e. The van der Waals surface area contributed by atoms with Gasteiger partial charge in [0.05, 0.1) is 6.61 Å². The molecule has 4 rings (SSSR count). The first-order chi connectivity index (χ1) is 13.5. The summed E-state index contributed by atoms with van der Waals surface area (Å²) in [5.74, 6) is 0.844. The Morgan fingerprint density at radius 1 is 1.25 bits per heavy atom. The molecule has 0 saturated carbocycles. The van der Waals surface area contributed by atoms with E-state index in [-0.39, 0.29) is 6.03 Å². The Kier molecular flexibility index (Phi) is 4.81. The van der Waals surface area contributed by atoms with Gasteiger partial charge in [-0.05, 0) is 54.8 Å². The summed E-state index contributed by atoms with van der Waals surface area (Å²) < 4.78 is 11.2. The van der Waals surface area contributed by atoms with Gasteiger partial charge in [0.15, 0.2) is 5.58 Å². The molecule has 1 aliphatic heterocycles. The highest BCUT2D eigenvalue weighted by molar-refractivity contribution is 5.92. The molecule has 2 aromatic carbocycles. The number of amides is 2. The number of urea groups is 1. The number of ether oxygens (including phenoxy) is 1. The standard InChI is InChI=1S/C21H24N4O3/c1-4-27-17-7-5-14-9-10-25(13-15(14)11-17)20(26)22-16-6-8-19-18(12-16)23-21(28-19)24(2)3/h5-8,11-12H,4,9-10,13H2,1-3H3,(H,22,26). The van der Waals surface area contributed by atoms with Crippen molar-refractivity contribution < 1.29 is 13.9 Å². The molecular formula is C21H24N4O3. The van der Waals surface area contributed by atoms with Crippen LogP contribution >= 0.6 is 0 Å². The second-order valence-corrected chi connectivity index (χ2v) is 7.04. The number of aromatic nitrogens is 1. The predicted molar refractivity (Wildman–Crippen MR) is 109 cm³/mol. The molecule has 3 aromatic rings. The van der Waals surface area contributed by atoms with E-state index in [0.717, 1.165) is 17.7 Å². The minimum absolute atomic E-state index is 0.122. The Morgan fingerprint density at radius 3 is 2.89 bits per heavy atom. The molecule has 146 valence electrons. The molecule has 1 aromatic heterocycles. The van der Waals surface area contributed by atoms with Crippen LogP contribution in [0.5, 0.6) is 5.75 Å². The fourth-order valence-electron chi connectivity index (χ4n) is 3.35. The Bertz CT molecular complexity index is 1010. The number of nitrogens with one attached hydrogen (secondary N) is 1. The van der Waals surface area contributed by atoms with Crippen LogP contribution < -0.4 is 15.0 Å². The highest BCUT2D eigenvalue weighted by Gasteiger charge is 2.21. The molecule has 1 aliphatic rings. The zero-order valence-electron chi connectivity index (χ0n) is 16.4. The topological polar surface area (TPSA) is 70.8 Å². The van der Waals surface area contributed by atoms with Crippen molar-refractivity contribution >= 4 is 28.8 Å². The summed E-state index contributed by atoms with van der Waals surface area (Å²) in [4.78, 5) is 20.8. The number of carbonyl (C=O) groups is 1. The lowest BCUT2D eigenvalue weighted by molar-refractivity contribution is 0.206. The molecule has 0 bridgehead atoms. The number of oxazole rings is 1. The van der Waals surface area contributed by atoms with Gasteiger partial charge in [0, 0.05) is 32.9 Å². The fraction of sp³-hybridized carbons (Fsp3) is 0.333. The van der Waals surface area contributed by atoms with Crippen LogP contribution in [0.4, 0.5) is 16.5 Å². The molecule has 0 spiro atoms. The number of anilines is 2. The monoisotopic (exact) mass is 380 g/mol. The highest BCUT2D eigenvalue weighted by atomic mass is 16.5. The minimum atomic E-state index is -0.122. The third kappa shape index (κ3) is 3.60. The zero-order valence-corrected chi connectivity index (χ0v) is 16.4. The van der Waals surface area contributed by atoms with E-state index in [9.17, 15) is 4.79 Å². The minimum Gasteiger partial charge on any atom is -0.494 e. The van der Waals surface area contributed by atoms with E-state index in [0.29, 0.717) is 42.5 Å². The van der Waals surface area contributed by atoms with Gasteiger partial charge in [0.2, 0.25) is 0 Å². The molecule has 2 amide bonds. The second-order valence-electron chi connectivity index (χ2n) is 7.04. The molecule has 28 heavy (non-hydrogen) atoms. The van der Waals surface area contributed by atoms with Gasteiger partial charge in [0.25, 0.3) is 6.01 Å². The molecule has 7 heteroatoms. The average molecular weight is 380 g/mol. The van der Waals surface area contributed by atoms with Crippen LogP contribution in [0.15, 0.2) is 40.8 Å². The molecule has 0 fully saturated rings. The van der Waals surface area contributed by atoms with E-state index in [1.807, 2.05) is 56.3 Å². The lowest BCUT2D eigenvalue weighted by Gasteiger charge is -2.29. The summed E-state index contributed by atoms with van der Waals surface area (Å²) in [6.07, 6.45) is 0.837. The number of carbonyl (C=O) groups excluding carboxylic acids is 1. The van der Waals surface area contributed by atoms with Gasteiger partial charge in [-0.15, -0.1) is 0 Å². The summed E-state index contributed by atoms with van der Waals surface area (Å²) in [5, 5.41) is 2.97. The van der Waals surface area contributed by atoms with Crippen molar-refractivity contribution in [3.63, 3.8) is 0 Å². The molecule has 7 nitrogen and oxygen atoms in total. The van der Waals surface area contributed by atoms with Crippen LogP contribution in [0, 0.1) is 0 Å². The van der Waals surface area contributed by atoms with Crippen molar-refractivity contribution in [3.8, 4) is 5.75 Å². The Morgan fingerprint density at radius 2 is 2.11 bits per heavy atom. The maximum absolute atomic E-state index is 12.8. The molecule has 1 N–H and O–H groups in total. The molecule has 0 atom stereocenters. The first-order valence-electron chi connectivity index (χ1n) is 9.42. The van der Waals surface area contributed by atoms with Gasteiger partial charge in [-0.1, -0.05) is 6.07 Å². The van der Waals surface area contributed by atoms with Gasteiger partial charge in [-0.2, -0.15) is 4.98 Å². The average Bonchev–Trinajstić information content (AvgIpc) is 3.11. The quantitative estimate of drug-likeness (QED) is 0.744. The van der Waals surface area contributed by atoms with Crippen molar-refractivity contribution in [3.05, 3.63) is 47.5 Å². The van der Waals surface area contributed by atoms with Crippen molar-refractivity contribution in [1.82, 2.24) is 9.88 Å². The van der Waals surface area contributed by atoms with Crippen LogP contribution in [0.1, 0.15) is 18.1 Å². The molecule has 2 heterocycles. The highest BCUT2D eigenvalue weighted by Crippen LogP contribution is 2.26. The smallest absolute Gasteiger partial charge is 0.322 e. The number of nitrogens with zero attached hydrogens (tertiary/aromatic N) is 3. The number of rotatable bonds is 4. The van der Waals surface area contributed by atoms with Crippen molar-refractivity contribution in [2.75, 3.05) is 37.5 Å². The summed E-state index contributed by atoms with van der Waals surface area (Å²) in [5.41, 5.74) is 4.51. The Hall–Kier alpha value is -3.22. The van der Waals surface area contributed by atoms with E-state index in [2.05, 4.69) is 16.4 Å². The van der Waals surface area contributed by atoms with E-state index in [4.69, 9.17) is 9.15 Å². The second kappa shape index (κ2) is 7.42. The summed E-state index contributed by atoms with van der Waals surface area (Å²) in [6.45, 7) is 3.85. The van der Waals surface area contributed by atoms with Gasteiger partial charge >= 0.3 is 6.03 Å². The van der Waals surface area contributed by atoms with Gasteiger partial charge in [-0.3, -0.25) is 0 Å². The van der Waals surface area contributed by atoms with Crippen LogP contribution in [0.2, 0.25) is 0 Å². The molecule has 0 radical (unpaired) electrons. The normalized spacial score (nSPS) is 13.3. The Balaban J connectivity index is 1.48. The van der Waals surface area contributed by atoms with Crippen LogP contribution in [0.3, 0.4) is 0 Å². The van der Waals surface area contributed by atoms with Gasteiger partial charge in [-0.25, -0.2) is 4.79 Å². The summed E-state index contributed by atoms with van der Waals surface area (Å²) >= 11 is 0. The zero-order chi connectivity index (χ0) is 19.7. The van der Waals surface area contributed by atoms with Crippen molar-refractivity contribution in [2.45, 2.75) is 19.9 Å². The molecular weight excluding hydrogens is 356 g/mol. The van der Waals surface area contributed by atoms with E-state index in [1.54, 1.807) is 4.90 Å². The fourth-order valence-corrected chi connectivity index (χ4v) is 3.35. The first kappa shape index (κ1) is 18.2. The van der Waals surface area contributed by atoms with Crippen molar-refractivity contribution in [1.29, 1.82) is 0 Å². The number of fused-ring (bicyclic) bond motifs is 2. The maximum atomic E-state index is 12.8. The molecule has 0 aliphatic carbocycles. The lowest BCUT2D eigenvalue weighted by Crippen LogP contribution is -2.38. The van der Waals surface area contributed by atoms with E-state index < -0.39 is 0 Å². The summed E-state index contributed by atoms with van der Waals surface area (Å²) in [7, 11) is 3.75. The van der Waals surface area contributed by atoms with Gasteiger partial charge < -0.3 is 24.3 Å². The van der Waals surface area contributed by atoms with Crippen LogP contribution in [-0.2, 0) is 13.0 Å². The van der Waals surface area contributed by atoms with Crippen LogP contribution in [0.25, 0.3) is 11.1 Å². The third-order valence-electron chi connectivity index (χ3n) is 4.80. The molecule has 0 saturated heterocycles. The van der Waals surface area contributed by atoms with Gasteiger partial charge in [0.1, 0.15) is 11.3 Å². The SMILES string of the molecule is CCOc1ccc2c(c1)CN(C(=O)Nc1ccc3oc(N(C)C)nc3c1)CC2. The van der Waals surface area contributed by atoms with E-state index in [1.165, 1.54) is 5.56 Å². The number of benzene rings is 2. The van der Waals surface area contributed by atoms with E-state index >= 15 is 0 Å².